The first-order chi connectivity index (χ1) is 16.9. The van der Waals surface area contributed by atoms with Crippen LogP contribution in [0.4, 0.5) is 13.9 Å². The van der Waals surface area contributed by atoms with Crippen LogP contribution in [0.15, 0.2) is 78.9 Å². The number of hydrogen-bond acceptors (Lipinski definition) is 4. The molecule has 0 fully saturated rings. The Morgan fingerprint density at radius 1 is 0.914 bits per heavy atom. The highest BCUT2D eigenvalue weighted by atomic mass is 32.1. The fraction of sp³-hybridized carbons (Fsp3) is 0.148. The Bertz CT molecular complexity index is 1250. The van der Waals surface area contributed by atoms with Gasteiger partial charge in [-0.2, -0.15) is 0 Å². The van der Waals surface area contributed by atoms with Crippen LogP contribution < -0.4 is 10.6 Å². The van der Waals surface area contributed by atoms with Crippen molar-refractivity contribution in [1.82, 2.24) is 10.3 Å². The third kappa shape index (κ3) is 6.16. The Kier molecular flexibility index (Phi) is 7.62. The van der Waals surface area contributed by atoms with Crippen molar-refractivity contribution in [1.29, 1.82) is 0 Å². The van der Waals surface area contributed by atoms with Crippen LogP contribution in [0.5, 0.6) is 0 Å². The molecule has 0 bridgehead atoms. The largest absolute Gasteiger partial charge is 0.344 e. The number of hydrogen-bond donors (Lipinski definition) is 2. The molecule has 1 heterocycles. The number of carbonyl (C=O) groups excluding carboxylic acids is 2. The van der Waals surface area contributed by atoms with Crippen LogP contribution in [0.2, 0.25) is 0 Å². The molecule has 2 amide bonds. The van der Waals surface area contributed by atoms with Gasteiger partial charge in [0.15, 0.2) is 5.13 Å². The minimum atomic E-state index is -0.829. The lowest BCUT2D eigenvalue weighted by atomic mass is 10.1. The van der Waals surface area contributed by atoms with E-state index in [1.165, 1.54) is 11.3 Å². The van der Waals surface area contributed by atoms with Gasteiger partial charge in [0.05, 0.1) is 17.0 Å². The van der Waals surface area contributed by atoms with Crippen LogP contribution >= 0.6 is 11.3 Å². The smallest absolute Gasteiger partial charge is 0.248 e. The molecule has 0 aliphatic carbocycles. The Labute approximate surface area is 205 Å². The summed E-state index contributed by atoms with van der Waals surface area (Å²) in [5.74, 6) is -2.44. The maximum Gasteiger partial charge on any atom is 0.248 e. The van der Waals surface area contributed by atoms with Gasteiger partial charge in [-0.1, -0.05) is 78.9 Å². The fourth-order valence-corrected chi connectivity index (χ4v) is 4.64. The molecule has 1 atom stereocenters. The zero-order chi connectivity index (χ0) is 24.8. The van der Waals surface area contributed by atoms with Gasteiger partial charge in [-0.15, -0.1) is 0 Å². The number of rotatable bonds is 8. The van der Waals surface area contributed by atoms with E-state index in [2.05, 4.69) is 15.6 Å². The lowest BCUT2D eigenvalue weighted by Crippen LogP contribution is -2.44. The molecule has 0 saturated carbocycles. The molecule has 5 nitrogen and oxygen atoms in total. The van der Waals surface area contributed by atoms with Crippen molar-refractivity contribution in [3.05, 3.63) is 96.1 Å². The van der Waals surface area contributed by atoms with Gasteiger partial charge < -0.3 is 10.6 Å². The van der Waals surface area contributed by atoms with Crippen molar-refractivity contribution >= 4 is 28.3 Å². The second-order valence-corrected chi connectivity index (χ2v) is 8.90. The molecule has 0 aliphatic heterocycles. The number of nitrogens with one attached hydrogen (secondary N) is 2. The van der Waals surface area contributed by atoms with Crippen molar-refractivity contribution in [2.45, 2.75) is 25.8 Å². The van der Waals surface area contributed by atoms with Gasteiger partial charge in [-0.05, 0) is 29.7 Å². The minimum absolute atomic E-state index is 0.190. The van der Waals surface area contributed by atoms with E-state index >= 15 is 0 Å². The van der Waals surface area contributed by atoms with Crippen molar-refractivity contribution < 1.29 is 18.4 Å². The standard InChI is InChI=1S/C27H23F2N3O2S/c1-2-22(30-23(33)15-17-13-20(28)16-21(29)14-17)26(34)32-27-31-24(18-9-5-3-6-10-18)25(35-27)19-11-7-4-8-12-19/h3-14,16,22H,2,15H2,1H3,(H,30,33)(H,31,32,34). The molecule has 0 aliphatic rings. The second kappa shape index (κ2) is 11.0. The van der Waals surface area contributed by atoms with Gasteiger partial charge in [0, 0.05) is 11.6 Å². The zero-order valence-electron chi connectivity index (χ0n) is 18.9. The van der Waals surface area contributed by atoms with E-state index in [4.69, 9.17) is 0 Å². The summed E-state index contributed by atoms with van der Waals surface area (Å²) in [6.45, 7) is 1.76. The molecule has 35 heavy (non-hydrogen) atoms. The van der Waals surface area contributed by atoms with Crippen molar-refractivity contribution in [3.8, 4) is 21.7 Å². The SMILES string of the molecule is CCC(NC(=O)Cc1cc(F)cc(F)c1)C(=O)Nc1nc(-c2ccccc2)c(-c2ccccc2)s1. The highest BCUT2D eigenvalue weighted by Gasteiger charge is 2.22. The van der Waals surface area contributed by atoms with Gasteiger partial charge in [-0.3, -0.25) is 9.59 Å². The molecule has 4 aromatic rings. The molecule has 8 heteroatoms. The Balaban J connectivity index is 1.51. The molecule has 4 rings (SSSR count). The lowest BCUT2D eigenvalue weighted by Gasteiger charge is -2.16. The summed E-state index contributed by atoms with van der Waals surface area (Å²) in [6, 6.07) is 21.6. The first kappa shape index (κ1) is 24.2. The molecular formula is C27H23F2N3O2S. The second-order valence-electron chi connectivity index (χ2n) is 7.90. The number of amides is 2. The maximum atomic E-state index is 13.4. The number of halogens is 2. The van der Waals surface area contributed by atoms with Crippen LogP contribution in [-0.2, 0) is 16.0 Å². The molecule has 1 aromatic heterocycles. The van der Waals surface area contributed by atoms with E-state index in [0.29, 0.717) is 11.6 Å². The van der Waals surface area contributed by atoms with Crippen molar-refractivity contribution in [2.24, 2.45) is 0 Å². The molecular weight excluding hydrogens is 468 g/mol. The maximum absolute atomic E-state index is 13.4. The molecule has 1 unspecified atom stereocenters. The number of carbonyl (C=O) groups is 2. The monoisotopic (exact) mass is 491 g/mol. The van der Waals surface area contributed by atoms with Crippen LogP contribution in [0.25, 0.3) is 21.7 Å². The van der Waals surface area contributed by atoms with Crippen molar-refractivity contribution in [2.75, 3.05) is 5.32 Å². The third-order valence-corrected chi connectivity index (χ3v) is 6.31. The van der Waals surface area contributed by atoms with E-state index in [0.717, 1.165) is 39.9 Å². The summed E-state index contributed by atoms with van der Waals surface area (Å²) < 4.78 is 26.8. The third-order valence-electron chi connectivity index (χ3n) is 5.29. The lowest BCUT2D eigenvalue weighted by molar-refractivity contribution is -0.126. The number of nitrogens with zero attached hydrogens (tertiary/aromatic N) is 1. The van der Waals surface area contributed by atoms with Gasteiger partial charge in [0.1, 0.15) is 17.7 Å². The van der Waals surface area contributed by atoms with E-state index in [1.807, 2.05) is 60.7 Å². The van der Waals surface area contributed by atoms with E-state index < -0.39 is 29.5 Å². The minimum Gasteiger partial charge on any atom is -0.344 e. The molecule has 0 spiro atoms. The molecule has 2 N–H and O–H groups in total. The van der Waals surface area contributed by atoms with Crippen LogP contribution in [0.1, 0.15) is 18.9 Å². The number of benzene rings is 3. The normalized spacial score (nSPS) is 11.6. The highest BCUT2D eigenvalue weighted by molar-refractivity contribution is 7.19. The number of thiazole rings is 1. The van der Waals surface area contributed by atoms with Crippen molar-refractivity contribution in [3.63, 3.8) is 0 Å². The quantitative estimate of drug-likeness (QED) is 0.326. The number of aromatic nitrogens is 1. The first-order valence-corrected chi connectivity index (χ1v) is 11.9. The molecule has 3 aromatic carbocycles. The molecule has 0 radical (unpaired) electrons. The van der Waals surface area contributed by atoms with E-state index in [9.17, 15) is 18.4 Å². The summed E-state index contributed by atoms with van der Waals surface area (Å²) >= 11 is 1.35. The summed E-state index contributed by atoms with van der Waals surface area (Å²) in [6.07, 6.45) is 0.0869. The van der Waals surface area contributed by atoms with Crippen LogP contribution in [0, 0.1) is 11.6 Å². The van der Waals surface area contributed by atoms with Gasteiger partial charge in [0.2, 0.25) is 11.8 Å². The molecule has 178 valence electrons. The topological polar surface area (TPSA) is 71.1 Å². The fourth-order valence-electron chi connectivity index (χ4n) is 3.64. The summed E-state index contributed by atoms with van der Waals surface area (Å²) in [5, 5.41) is 5.86. The predicted octanol–water partition coefficient (Wildman–Crippen LogP) is 5.83. The van der Waals surface area contributed by atoms with Crippen LogP contribution in [0.3, 0.4) is 0 Å². The zero-order valence-corrected chi connectivity index (χ0v) is 19.7. The van der Waals surface area contributed by atoms with Gasteiger partial charge >= 0.3 is 0 Å². The Hall–Kier alpha value is -3.91. The summed E-state index contributed by atoms with van der Waals surface area (Å²) in [7, 11) is 0. The number of anilines is 1. The summed E-state index contributed by atoms with van der Waals surface area (Å²) in [4.78, 5) is 31.0. The van der Waals surface area contributed by atoms with E-state index in [1.54, 1.807) is 6.92 Å². The summed E-state index contributed by atoms with van der Waals surface area (Å²) in [5.41, 5.74) is 2.84. The predicted molar refractivity (Wildman–Crippen MR) is 134 cm³/mol. The average Bonchev–Trinajstić information content (AvgIpc) is 3.26. The van der Waals surface area contributed by atoms with Gasteiger partial charge in [0.25, 0.3) is 0 Å². The average molecular weight is 492 g/mol. The first-order valence-electron chi connectivity index (χ1n) is 11.1. The van der Waals surface area contributed by atoms with E-state index in [-0.39, 0.29) is 12.0 Å². The Morgan fingerprint density at radius 3 is 2.11 bits per heavy atom. The molecule has 0 saturated heterocycles. The van der Waals surface area contributed by atoms with Gasteiger partial charge in [-0.25, -0.2) is 13.8 Å². The van der Waals surface area contributed by atoms with Crippen LogP contribution in [-0.4, -0.2) is 22.8 Å². The Morgan fingerprint density at radius 2 is 1.51 bits per heavy atom. The highest BCUT2D eigenvalue weighted by Crippen LogP contribution is 2.38.